The van der Waals surface area contributed by atoms with E-state index >= 15 is 0 Å². The Kier molecular flexibility index (Phi) is 2.76. The molecular formula is C13H15N3O2. The number of hydrogen-bond donors (Lipinski definition) is 1. The van der Waals surface area contributed by atoms with Gasteiger partial charge in [0.1, 0.15) is 5.75 Å². The van der Waals surface area contributed by atoms with Gasteiger partial charge in [-0.05, 0) is 31.2 Å². The van der Waals surface area contributed by atoms with E-state index in [-0.39, 0.29) is 11.6 Å². The van der Waals surface area contributed by atoms with Crippen molar-refractivity contribution in [2.75, 3.05) is 20.2 Å². The Labute approximate surface area is 104 Å². The van der Waals surface area contributed by atoms with Crippen molar-refractivity contribution in [3.8, 4) is 5.75 Å². The summed E-state index contributed by atoms with van der Waals surface area (Å²) < 4.78 is 6.88. The van der Waals surface area contributed by atoms with Gasteiger partial charge in [-0.3, -0.25) is 9.36 Å². The van der Waals surface area contributed by atoms with E-state index < -0.39 is 0 Å². The number of nitrogens with zero attached hydrogens (tertiary/aromatic N) is 2. The molecule has 94 valence electrons. The Morgan fingerprint density at radius 3 is 3.11 bits per heavy atom. The van der Waals surface area contributed by atoms with Gasteiger partial charge in [0.05, 0.1) is 30.4 Å². The predicted octanol–water partition coefficient (Wildman–Crippen LogP) is 0.939. The number of methoxy groups -OCH3 is 1. The van der Waals surface area contributed by atoms with Gasteiger partial charge >= 0.3 is 0 Å². The van der Waals surface area contributed by atoms with Gasteiger partial charge in [0.25, 0.3) is 5.56 Å². The first-order valence-corrected chi connectivity index (χ1v) is 6.05. The summed E-state index contributed by atoms with van der Waals surface area (Å²) in [5.74, 6) is 0.684. The van der Waals surface area contributed by atoms with Crippen molar-refractivity contribution in [1.29, 1.82) is 0 Å². The standard InChI is InChI=1S/C13H15N3O2/c1-18-10-2-3-12-11(6-10)13(17)16(8-15-12)9-4-5-14-7-9/h2-3,6,8-9,14H,4-5,7H2,1H3. The fourth-order valence-electron chi connectivity index (χ4n) is 2.38. The summed E-state index contributed by atoms with van der Waals surface area (Å²) in [5.41, 5.74) is 0.718. The van der Waals surface area contributed by atoms with Crippen molar-refractivity contribution in [3.63, 3.8) is 0 Å². The molecular weight excluding hydrogens is 230 g/mol. The number of fused-ring (bicyclic) bond motifs is 1. The zero-order chi connectivity index (χ0) is 12.5. The van der Waals surface area contributed by atoms with Crippen molar-refractivity contribution in [2.24, 2.45) is 0 Å². The minimum Gasteiger partial charge on any atom is -0.497 e. The molecule has 1 unspecified atom stereocenters. The molecule has 1 atom stereocenters. The zero-order valence-electron chi connectivity index (χ0n) is 10.2. The third-order valence-corrected chi connectivity index (χ3v) is 3.42. The summed E-state index contributed by atoms with van der Waals surface area (Å²) in [5, 5.41) is 3.87. The summed E-state index contributed by atoms with van der Waals surface area (Å²) >= 11 is 0. The van der Waals surface area contributed by atoms with E-state index in [9.17, 15) is 4.79 Å². The second-order valence-electron chi connectivity index (χ2n) is 4.49. The summed E-state index contributed by atoms with van der Waals surface area (Å²) in [4.78, 5) is 16.8. The van der Waals surface area contributed by atoms with Gasteiger partial charge in [-0.1, -0.05) is 0 Å². The van der Waals surface area contributed by atoms with Crippen LogP contribution in [0, 0.1) is 0 Å². The van der Waals surface area contributed by atoms with Crippen LogP contribution in [0.25, 0.3) is 10.9 Å². The second kappa shape index (κ2) is 4.42. The normalized spacial score (nSPS) is 19.3. The Morgan fingerprint density at radius 2 is 2.39 bits per heavy atom. The SMILES string of the molecule is COc1ccc2ncn(C3CCNC3)c(=O)c2c1. The lowest BCUT2D eigenvalue weighted by molar-refractivity contribution is 0.415. The van der Waals surface area contributed by atoms with Crippen LogP contribution in [0.5, 0.6) is 5.75 Å². The topological polar surface area (TPSA) is 56.1 Å². The molecule has 1 aliphatic rings. The highest BCUT2D eigenvalue weighted by Gasteiger charge is 2.18. The fraction of sp³-hybridized carbons (Fsp3) is 0.385. The minimum atomic E-state index is 0.00704. The molecule has 0 aliphatic carbocycles. The molecule has 0 bridgehead atoms. The van der Waals surface area contributed by atoms with E-state index in [0.717, 1.165) is 19.5 Å². The Bertz CT molecular complexity index is 630. The number of aromatic nitrogens is 2. The largest absolute Gasteiger partial charge is 0.497 e. The van der Waals surface area contributed by atoms with Crippen LogP contribution < -0.4 is 15.6 Å². The van der Waals surface area contributed by atoms with Gasteiger partial charge in [-0.2, -0.15) is 0 Å². The van der Waals surface area contributed by atoms with Gasteiger partial charge in [-0.15, -0.1) is 0 Å². The molecule has 0 saturated carbocycles. The first-order chi connectivity index (χ1) is 8.79. The average molecular weight is 245 g/mol. The molecule has 1 N–H and O–H groups in total. The minimum absolute atomic E-state index is 0.00704. The predicted molar refractivity (Wildman–Crippen MR) is 69.1 cm³/mol. The lowest BCUT2D eigenvalue weighted by atomic mass is 10.2. The van der Waals surface area contributed by atoms with Gasteiger partial charge in [0.2, 0.25) is 0 Å². The molecule has 1 saturated heterocycles. The third-order valence-electron chi connectivity index (χ3n) is 3.42. The maximum atomic E-state index is 12.4. The molecule has 1 fully saturated rings. The van der Waals surface area contributed by atoms with E-state index in [1.807, 2.05) is 12.1 Å². The lowest BCUT2D eigenvalue weighted by Crippen LogP contribution is -2.26. The zero-order valence-corrected chi connectivity index (χ0v) is 10.2. The molecule has 2 heterocycles. The summed E-state index contributed by atoms with van der Waals surface area (Å²) in [6.07, 6.45) is 2.62. The number of nitrogens with one attached hydrogen (secondary N) is 1. The van der Waals surface area contributed by atoms with Crippen molar-refractivity contribution >= 4 is 10.9 Å². The smallest absolute Gasteiger partial charge is 0.261 e. The van der Waals surface area contributed by atoms with E-state index in [1.54, 1.807) is 24.1 Å². The van der Waals surface area contributed by atoms with Crippen LogP contribution in [-0.4, -0.2) is 29.8 Å². The molecule has 5 heteroatoms. The second-order valence-corrected chi connectivity index (χ2v) is 4.49. The van der Waals surface area contributed by atoms with Gasteiger partial charge in [-0.25, -0.2) is 4.98 Å². The Balaban J connectivity index is 2.17. The number of hydrogen-bond acceptors (Lipinski definition) is 4. The van der Waals surface area contributed by atoms with Gasteiger partial charge < -0.3 is 10.1 Å². The van der Waals surface area contributed by atoms with Crippen LogP contribution in [0.15, 0.2) is 29.3 Å². The molecule has 18 heavy (non-hydrogen) atoms. The average Bonchev–Trinajstić information content (AvgIpc) is 2.93. The number of rotatable bonds is 2. The first-order valence-electron chi connectivity index (χ1n) is 6.05. The molecule has 0 spiro atoms. The van der Waals surface area contributed by atoms with Crippen LogP contribution >= 0.6 is 0 Å². The van der Waals surface area contributed by atoms with E-state index in [2.05, 4.69) is 10.3 Å². The molecule has 5 nitrogen and oxygen atoms in total. The van der Waals surface area contributed by atoms with E-state index in [1.165, 1.54) is 0 Å². The third kappa shape index (κ3) is 1.76. The molecule has 1 aromatic carbocycles. The van der Waals surface area contributed by atoms with Crippen molar-refractivity contribution in [1.82, 2.24) is 14.9 Å². The molecule has 2 aromatic rings. The number of ether oxygens (including phenoxy) is 1. The lowest BCUT2D eigenvalue weighted by Gasteiger charge is -2.12. The van der Waals surface area contributed by atoms with Crippen LogP contribution in [0.2, 0.25) is 0 Å². The molecule has 1 aromatic heterocycles. The summed E-state index contributed by atoms with van der Waals surface area (Å²) in [6.45, 7) is 1.78. The quantitative estimate of drug-likeness (QED) is 0.855. The van der Waals surface area contributed by atoms with E-state index in [0.29, 0.717) is 16.7 Å². The highest BCUT2D eigenvalue weighted by Crippen LogP contribution is 2.18. The van der Waals surface area contributed by atoms with Crippen molar-refractivity contribution < 1.29 is 4.74 Å². The maximum absolute atomic E-state index is 12.4. The molecule has 1 aliphatic heterocycles. The monoisotopic (exact) mass is 245 g/mol. The van der Waals surface area contributed by atoms with Crippen molar-refractivity contribution in [3.05, 3.63) is 34.9 Å². The molecule has 0 radical (unpaired) electrons. The maximum Gasteiger partial charge on any atom is 0.261 e. The fourth-order valence-corrected chi connectivity index (χ4v) is 2.38. The Hall–Kier alpha value is -1.88. The van der Waals surface area contributed by atoms with Crippen LogP contribution in [-0.2, 0) is 0 Å². The Morgan fingerprint density at radius 1 is 1.50 bits per heavy atom. The molecule has 3 rings (SSSR count). The van der Waals surface area contributed by atoms with Crippen molar-refractivity contribution in [2.45, 2.75) is 12.5 Å². The summed E-state index contributed by atoms with van der Waals surface area (Å²) in [7, 11) is 1.59. The van der Waals surface area contributed by atoms with Crippen LogP contribution in [0.3, 0.4) is 0 Å². The molecule has 0 amide bonds. The first kappa shape index (κ1) is 11.2. The summed E-state index contributed by atoms with van der Waals surface area (Å²) in [6, 6.07) is 5.59. The van der Waals surface area contributed by atoms with Crippen LogP contribution in [0.1, 0.15) is 12.5 Å². The van der Waals surface area contributed by atoms with Gasteiger partial charge in [0, 0.05) is 6.54 Å². The van der Waals surface area contributed by atoms with Crippen LogP contribution in [0.4, 0.5) is 0 Å². The highest BCUT2D eigenvalue weighted by molar-refractivity contribution is 5.78. The number of benzene rings is 1. The highest BCUT2D eigenvalue weighted by atomic mass is 16.5. The van der Waals surface area contributed by atoms with E-state index in [4.69, 9.17) is 4.74 Å². The van der Waals surface area contributed by atoms with Gasteiger partial charge in [0.15, 0.2) is 0 Å².